The Hall–Kier alpha value is -3.81. The highest BCUT2D eigenvalue weighted by molar-refractivity contribution is 6.00. The highest BCUT2D eigenvalue weighted by atomic mass is 16.5. The van der Waals surface area contributed by atoms with Crippen molar-refractivity contribution < 1.29 is 24.2 Å². The summed E-state index contributed by atoms with van der Waals surface area (Å²) in [6.07, 6.45) is 5.32. The molecule has 0 bridgehead atoms. The second kappa shape index (κ2) is 10.4. The molecule has 222 valence electrons. The number of carbonyl (C=O) groups is 3. The second-order valence-corrected chi connectivity index (χ2v) is 13.1. The van der Waals surface area contributed by atoms with Crippen molar-refractivity contribution in [2.24, 2.45) is 5.92 Å². The molecular weight excluding hydrogens is 540 g/mol. The van der Waals surface area contributed by atoms with Gasteiger partial charge in [-0.2, -0.15) is 0 Å². The van der Waals surface area contributed by atoms with Crippen molar-refractivity contribution in [3.05, 3.63) is 88.5 Å². The first-order chi connectivity index (χ1) is 20.7. The van der Waals surface area contributed by atoms with Gasteiger partial charge in [0.25, 0.3) is 5.91 Å². The number of benzene rings is 3. The summed E-state index contributed by atoms with van der Waals surface area (Å²) >= 11 is 0. The summed E-state index contributed by atoms with van der Waals surface area (Å²) < 4.78 is 6.47. The molecule has 1 amide bonds. The van der Waals surface area contributed by atoms with Crippen LogP contribution in [0.4, 0.5) is 0 Å². The van der Waals surface area contributed by atoms with Gasteiger partial charge in [-0.05, 0) is 80.3 Å². The van der Waals surface area contributed by atoms with Gasteiger partial charge in [-0.1, -0.05) is 54.6 Å². The molecule has 7 rings (SSSR count). The number of amides is 1. The third kappa shape index (κ3) is 4.70. The Kier molecular flexibility index (Phi) is 6.78. The molecular formula is C36H38N2O5. The number of ether oxygens (including phenoxy) is 1. The number of hydrogen-bond donors (Lipinski definition) is 2. The van der Waals surface area contributed by atoms with Gasteiger partial charge in [-0.3, -0.25) is 19.3 Å². The number of hydrogen-bond acceptors (Lipinski definition) is 6. The Balaban J connectivity index is 1.09. The average molecular weight is 579 g/mol. The van der Waals surface area contributed by atoms with Gasteiger partial charge < -0.3 is 15.2 Å². The molecule has 0 aromatic heterocycles. The SMILES string of the molecule is CN(CC1CC1)[C@@H]1Cc2ccc(C(=O)NCCc3ccc(-c4ccc(C=O)cc4)cc3)c3c2C2C(C)(O3)C(=O)CC[C@]21O. The second-order valence-electron chi connectivity index (χ2n) is 13.1. The zero-order chi connectivity index (χ0) is 29.9. The maximum atomic E-state index is 13.5. The lowest BCUT2D eigenvalue weighted by molar-refractivity contribution is -0.161. The fourth-order valence-corrected chi connectivity index (χ4v) is 7.77. The zero-order valence-electron chi connectivity index (χ0n) is 24.8. The van der Waals surface area contributed by atoms with E-state index in [1.807, 2.05) is 48.5 Å². The number of aliphatic hydroxyl groups is 1. The monoisotopic (exact) mass is 578 g/mol. The predicted octanol–water partition coefficient (Wildman–Crippen LogP) is 4.73. The predicted molar refractivity (Wildman–Crippen MR) is 164 cm³/mol. The Morgan fingerprint density at radius 3 is 2.44 bits per heavy atom. The highest BCUT2D eigenvalue weighted by Gasteiger charge is 2.67. The Morgan fingerprint density at radius 2 is 1.77 bits per heavy atom. The average Bonchev–Trinajstić information content (AvgIpc) is 3.76. The van der Waals surface area contributed by atoms with Gasteiger partial charge in [0, 0.05) is 36.7 Å². The van der Waals surface area contributed by atoms with Crippen LogP contribution in [0.5, 0.6) is 5.75 Å². The highest BCUT2D eigenvalue weighted by Crippen LogP contribution is 2.61. The summed E-state index contributed by atoms with van der Waals surface area (Å²) in [6, 6.07) is 19.4. The van der Waals surface area contributed by atoms with E-state index in [4.69, 9.17) is 4.74 Å². The van der Waals surface area contributed by atoms with Crippen molar-refractivity contribution in [3.63, 3.8) is 0 Å². The normalized spacial score (nSPS) is 27.0. The molecule has 2 fully saturated rings. The fraction of sp³-hybridized carbons (Fsp3) is 0.417. The number of carbonyl (C=O) groups excluding carboxylic acids is 3. The number of nitrogens with zero attached hydrogens (tertiary/aromatic N) is 1. The molecule has 2 unspecified atom stereocenters. The molecule has 2 saturated carbocycles. The summed E-state index contributed by atoms with van der Waals surface area (Å²) in [4.78, 5) is 40.1. The molecule has 3 aromatic carbocycles. The number of nitrogens with one attached hydrogen (secondary N) is 1. The fourth-order valence-electron chi connectivity index (χ4n) is 7.77. The summed E-state index contributed by atoms with van der Waals surface area (Å²) in [7, 11) is 2.10. The third-order valence-electron chi connectivity index (χ3n) is 10.3. The van der Waals surface area contributed by atoms with E-state index in [0.717, 1.165) is 40.6 Å². The van der Waals surface area contributed by atoms with Crippen molar-refractivity contribution in [2.45, 2.75) is 68.6 Å². The topological polar surface area (TPSA) is 95.9 Å². The van der Waals surface area contributed by atoms with Crippen molar-refractivity contribution in [3.8, 4) is 16.9 Å². The lowest BCUT2D eigenvalue weighted by Gasteiger charge is -2.53. The van der Waals surface area contributed by atoms with Crippen LogP contribution in [0.2, 0.25) is 0 Å². The van der Waals surface area contributed by atoms with Crippen LogP contribution in [0.1, 0.15) is 75.9 Å². The van der Waals surface area contributed by atoms with Crippen LogP contribution in [0.3, 0.4) is 0 Å². The molecule has 7 heteroatoms. The van der Waals surface area contributed by atoms with Gasteiger partial charge in [0.05, 0.1) is 17.1 Å². The van der Waals surface area contributed by atoms with Gasteiger partial charge in [-0.15, -0.1) is 0 Å². The first kappa shape index (κ1) is 28.0. The number of ketones is 1. The maximum absolute atomic E-state index is 13.5. The Bertz CT molecular complexity index is 1600. The number of Topliss-reactive ketones (excluding diaryl/α,β-unsaturated/α-hetero) is 1. The summed E-state index contributed by atoms with van der Waals surface area (Å²) in [5.41, 5.74) is 3.89. The molecule has 4 atom stereocenters. The van der Waals surface area contributed by atoms with Crippen LogP contribution >= 0.6 is 0 Å². The third-order valence-corrected chi connectivity index (χ3v) is 10.3. The smallest absolute Gasteiger partial charge is 0.255 e. The van der Waals surface area contributed by atoms with Crippen LogP contribution in [-0.4, -0.2) is 65.4 Å². The van der Waals surface area contributed by atoms with Crippen LogP contribution in [0.25, 0.3) is 11.1 Å². The number of rotatable bonds is 9. The molecule has 1 heterocycles. The van der Waals surface area contributed by atoms with E-state index in [0.29, 0.717) is 48.6 Å². The minimum absolute atomic E-state index is 0.00990. The van der Waals surface area contributed by atoms with Crippen LogP contribution < -0.4 is 10.1 Å². The van der Waals surface area contributed by atoms with E-state index in [-0.39, 0.29) is 24.2 Å². The van der Waals surface area contributed by atoms with E-state index in [2.05, 4.69) is 17.3 Å². The molecule has 2 N–H and O–H groups in total. The van der Waals surface area contributed by atoms with Crippen molar-refractivity contribution in [1.29, 1.82) is 0 Å². The Labute approximate surface area is 252 Å². The maximum Gasteiger partial charge on any atom is 0.255 e. The minimum Gasteiger partial charge on any atom is -0.478 e. The van der Waals surface area contributed by atoms with Gasteiger partial charge in [0.1, 0.15) is 12.0 Å². The van der Waals surface area contributed by atoms with Gasteiger partial charge in [0.2, 0.25) is 0 Å². The molecule has 3 aliphatic carbocycles. The van der Waals surface area contributed by atoms with Crippen molar-refractivity contribution in [1.82, 2.24) is 10.2 Å². The Morgan fingerprint density at radius 1 is 1.07 bits per heavy atom. The summed E-state index contributed by atoms with van der Waals surface area (Å²) in [6.45, 7) is 3.20. The van der Waals surface area contributed by atoms with E-state index in [1.165, 1.54) is 12.8 Å². The molecule has 0 saturated heterocycles. The molecule has 4 aliphatic rings. The number of likely N-dealkylation sites (N-methyl/N-ethyl adjacent to an activating group) is 1. The molecule has 7 nitrogen and oxygen atoms in total. The van der Waals surface area contributed by atoms with E-state index < -0.39 is 17.1 Å². The first-order valence-electron chi connectivity index (χ1n) is 15.4. The lowest BCUT2D eigenvalue weighted by atomic mass is 9.57. The van der Waals surface area contributed by atoms with Gasteiger partial charge in [0.15, 0.2) is 11.4 Å². The largest absolute Gasteiger partial charge is 0.478 e. The summed E-state index contributed by atoms with van der Waals surface area (Å²) in [5.74, 6) is 0.407. The minimum atomic E-state index is -1.19. The number of aldehydes is 1. The molecule has 0 spiro atoms. The quantitative estimate of drug-likeness (QED) is 0.357. The standard InChI is InChI=1S/C36H38N2O5/c1-35-30(40)15-17-36(42)29(38(2)20-23-3-4-23)19-27-13-14-28(32(43-35)31(27)33(35)36)34(41)37-18-16-22-5-9-25(10-6-22)26-11-7-24(21-39)8-12-26/h5-14,21,23,29,33,42H,3-4,15-20H2,1-2H3,(H,37,41)/t29-,33?,35?,36-/m1/s1. The molecule has 0 radical (unpaired) electrons. The van der Waals surface area contributed by atoms with Crippen molar-refractivity contribution >= 4 is 18.0 Å². The van der Waals surface area contributed by atoms with Crippen LogP contribution in [-0.2, 0) is 17.6 Å². The van der Waals surface area contributed by atoms with E-state index >= 15 is 0 Å². The summed E-state index contributed by atoms with van der Waals surface area (Å²) in [5, 5.41) is 15.4. The first-order valence-corrected chi connectivity index (χ1v) is 15.4. The van der Waals surface area contributed by atoms with Gasteiger partial charge >= 0.3 is 0 Å². The molecule has 3 aromatic rings. The van der Waals surface area contributed by atoms with Crippen LogP contribution in [0, 0.1) is 5.92 Å². The lowest BCUT2D eigenvalue weighted by Crippen LogP contribution is -2.66. The van der Waals surface area contributed by atoms with Crippen molar-refractivity contribution in [2.75, 3.05) is 20.1 Å². The van der Waals surface area contributed by atoms with Crippen LogP contribution in [0.15, 0.2) is 60.7 Å². The van der Waals surface area contributed by atoms with Gasteiger partial charge in [-0.25, -0.2) is 0 Å². The molecule has 1 aliphatic heterocycles. The molecule has 43 heavy (non-hydrogen) atoms. The zero-order valence-corrected chi connectivity index (χ0v) is 24.8. The van der Waals surface area contributed by atoms with E-state index in [9.17, 15) is 19.5 Å². The van der Waals surface area contributed by atoms with E-state index in [1.54, 1.807) is 19.1 Å².